The number of halogens is 3. The number of rotatable bonds is 3. The molecule has 0 aromatic carbocycles. The molecule has 0 fully saturated rings. The second kappa shape index (κ2) is 5.05. The third-order valence-corrected chi connectivity index (χ3v) is 11.6. The highest BCUT2D eigenvalue weighted by molar-refractivity contribution is 7.87. The minimum absolute atomic E-state index is 0.0721. The van der Waals surface area contributed by atoms with Crippen molar-refractivity contribution < 1.29 is 25.8 Å². The number of allylic oxidation sites excluding steroid dienone is 2. The van der Waals surface area contributed by atoms with Crippen LogP contribution < -0.4 is 0 Å². The molecule has 0 bridgehead atoms. The average Bonchev–Trinajstić information content (AvgIpc) is 2.62. The van der Waals surface area contributed by atoms with Gasteiger partial charge in [-0.15, -0.1) is 0 Å². The molecule has 0 spiro atoms. The van der Waals surface area contributed by atoms with Crippen molar-refractivity contribution in [1.29, 1.82) is 0 Å². The molecule has 1 atom stereocenters. The van der Waals surface area contributed by atoms with E-state index in [1.807, 2.05) is 0 Å². The molecule has 0 saturated carbocycles. The van der Waals surface area contributed by atoms with Crippen LogP contribution in [0.3, 0.4) is 0 Å². The summed E-state index contributed by atoms with van der Waals surface area (Å²) >= 11 is 0. The second-order valence-corrected chi connectivity index (χ2v) is 14.0. The first-order valence-corrected chi connectivity index (χ1v) is 10.9. The first kappa shape index (κ1) is 17.5. The molecule has 0 saturated heterocycles. The maximum atomic E-state index is 12.3. The van der Waals surface area contributed by atoms with E-state index in [1.165, 1.54) is 0 Å². The van der Waals surface area contributed by atoms with E-state index >= 15 is 0 Å². The summed E-state index contributed by atoms with van der Waals surface area (Å²) in [5.74, 6) is -0.0721. The van der Waals surface area contributed by atoms with Gasteiger partial charge in [0.25, 0.3) is 0 Å². The molecule has 1 aliphatic carbocycles. The number of alkyl halides is 3. The normalized spacial score (nSPS) is 21.8. The van der Waals surface area contributed by atoms with E-state index in [-0.39, 0.29) is 22.8 Å². The second-order valence-electron chi connectivity index (χ2n) is 6.73. The predicted molar refractivity (Wildman–Crippen MR) is 74.3 cm³/mol. The van der Waals surface area contributed by atoms with Gasteiger partial charge in [-0.1, -0.05) is 33.9 Å². The van der Waals surface area contributed by atoms with Gasteiger partial charge >= 0.3 is 15.6 Å². The Bertz CT molecular complexity index is 501. The summed E-state index contributed by atoms with van der Waals surface area (Å²) in [5.41, 5.74) is -5.25. The van der Waals surface area contributed by atoms with Crippen LogP contribution >= 0.6 is 0 Å². The minimum atomic E-state index is -5.54. The molecule has 8 heteroatoms. The SMILES string of the molecule is CC(C)(C)[Si](C)(C)C1C=C(OS(=O)(=O)C(F)(F)F)CC1. The van der Waals surface area contributed by atoms with Gasteiger partial charge in [0, 0.05) is 6.42 Å². The summed E-state index contributed by atoms with van der Waals surface area (Å²) in [6, 6.07) is 0. The third-order valence-electron chi connectivity index (χ3n) is 4.45. The fourth-order valence-electron chi connectivity index (χ4n) is 2.07. The highest BCUT2D eigenvalue weighted by Gasteiger charge is 2.50. The van der Waals surface area contributed by atoms with Crippen LogP contribution in [0.4, 0.5) is 13.2 Å². The Morgan fingerprint density at radius 3 is 2.15 bits per heavy atom. The molecule has 0 aromatic heterocycles. The Balaban J connectivity index is 2.92. The van der Waals surface area contributed by atoms with Crippen molar-refractivity contribution in [3.63, 3.8) is 0 Å². The van der Waals surface area contributed by atoms with Gasteiger partial charge in [0.15, 0.2) is 0 Å². The zero-order chi connectivity index (χ0) is 16.0. The molecule has 1 aliphatic rings. The van der Waals surface area contributed by atoms with Crippen LogP contribution in [0, 0.1) is 0 Å². The van der Waals surface area contributed by atoms with Crippen molar-refractivity contribution in [2.45, 2.75) is 62.8 Å². The predicted octanol–water partition coefficient (Wildman–Crippen LogP) is 4.41. The number of hydrogen-bond acceptors (Lipinski definition) is 3. The van der Waals surface area contributed by atoms with Gasteiger partial charge in [-0.2, -0.15) is 21.6 Å². The standard InChI is InChI=1S/C12H21F3O3SSi/c1-11(2,3)20(4,5)10-7-6-9(8-10)18-19(16,17)12(13,14)15/h8,10H,6-7H2,1-5H3. The van der Waals surface area contributed by atoms with Crippen molar-refractivity contribution in [2.75, 3.05) is 0 Å². The van der Waals surface area contributed by atoms with Crippen molar-refractivity contribution in [3.05, 3.63) is 11.8 Å². The molecule has 0 heterocycles. The maximum Gasteiger partial charge on any atom is 0.534 e. The molecule has 118 valence electrons. The molecule has 20 heavy (non-hydrogen) atoms. The lowest BCUT2D eigenvalue weighted by Gasteiger charge is -2.41. The summed E-state index contributed by atoms with van der Waals surface area (Å²) in [7, 11) is -7.31. The quantitative estimate of drug-likeness (QED) is 0.437. The van der Waals surface area contributed by atoms with Crippen molar-refractivity contribution >= 4 is 18.2 Å². The van der Waals surface area contributed by atoms with Crippen LogP contribution in [0.2, 0.25) is 23.7 Å². The zero-order valence-electron chi connectivity index (χ0n) is 12.3. The van der Waals surface area contributed by atoms with Crippen molar-refractivity contribution in [2.24, 2.45) is 0 Å². The fraction of sp³-hybridized carbons (Fsp3) is 0.833. The first-order chi connectivity index (χ1) is 8.68. The Labute approximate surface area is 119 Å². The van der Waals surface area contributed by atoms with Crippen LogP contribution in [-0.4, -0.2) is 22.0 Å². The third kappa shape index (κ3) is 3.39. The van der Waals surface area contributed by atoms with Crippen LogP contribution in [0.15, 0.2) is 11.8 Å². The molecule has 3 nitrogen and oxygen atoms in total. The molecule has 1 rings (SSSR count). The average molecular weight is 330 g/mol. The first-order valence-electron chi connectivity index (χ1n) is 6.40. The molecule has 0 aliphatic heterocycles. The van der Waals surface area contributed by atoms with Gasteiger partial charge in [0.2, 0.25) is 0 Å². The lowest BCUT2D eigenvalue weighted by molar-refractivity contribution is -0.0522. The largest absolute Gasteiger partial charge is 0.534 e. The zero-order valence-corrected chi connectivity index (χ0v) is 14.2. The smallest absolute Gasteiger partial charge is 0.381 e. The van der Waals surface area contributed by atoms with Crippen LogP contribution in [0.25, 0.3) is 0 Å². The van der Waals surface area contributed by atoms with Gasteiger partial charge in [0.05, 0.1) is 8.07 Å². The fourth-order valence-corrected chi connectivity index (χ4v) is 5.17. The number of hydrogen-bond donors (Lipinski definition) is 0. The van der Waals surface area contributed by atoms with E-state index in [4.69, 9.17) is 0 Å². The molecular formula is C12H21F3O3SSi. The molecule has 1 unspecified atom stereocenters. The monoisotopic (exact) mass is 330 g/mol. The summed E-state index contributed by atoms with van der Waals surface area (Å²) in [6.45, 7) is 10.7. The van der Waals surface area contributed by atoms with Gasteiger partial charge < -0.3 is 4.18 Å². The summed E-state index contributed by atoms with van der Waals surface area (Å²) in [6.07, 6.45) is 2.48. The minimum Gasteiger partial charge on any atom is -0.381 e. The van der Waals surface area contributed by atoms with Crippen molar-refractivity contribution in [1.82, 2.24) is 0 Å². The van der Waals surface area contributed by atoms with Crippen LogP contribution in [0.5, 0.6) is 0 Å². The van der Waals surface area contributed by atoms with Crippen LogP contribution in [0.1, 0.15) is 33.6 Å². The van der Waals surface area contributed by atoms with E-state index < -0.39 is 23.7 Å². The van der Waals surface area contributed by atoms with Gasteiger partial charge in [-0.3, -0.25) is 0 Å². The Morgan fingerprint density at radius 1 is 1.25 bits per heavy atom. The molecule has 0 amide bonds. The Morgan fingerprint density at radius 2 is 1.75 bits per heavy atom. The maximum absolute atomic E-state index is 12.3. The van der Waals surface area contributed by atoms with Crippen molar-refractivity contribution in [3.8, 4) is 0 Å². The lowest BCUT2D eigenvalue weighted by atomic mass is 10.2. The summed E-state index contributed by atoms with van der Waals surface area (Å²) in [4.78, 5) is 0. The topological polar surface area (TPSA) is 43.4 Å². The summed E-state index contributed by atoms with van der Waals surface area (Å²) < 4.78 is 63.0. The van der Waals surface area contributed by atoms with E-state index in [0.29, 0.717) is 6.42 Å². The highest BCUT2D eigenvalue weighted by Crippen LogP contribution is 2.49. The Hall–Kier alpha value is -0.503. The van der Waals surface area contributed by atoms with Gasteiger partial charge in [-0.05, 0) is 23.1 Å². The molecule has 0 radical (unpaired) electrons. The van der Waals surface area contributed by atoms with E-state index in [1.54, 1.807) is 6.08 Å². The van der Waals surface area contributed by atoms with E-state index in [2.05, 4.69) is 38.0 Å². The molecular weight excluding hydrogens is 309 g/mol. The van der Waals surface area contributed by atoms with E-state index in [9.17, 15) is 21.6 Å². The molecule has 0 aromatic rings. The Kier molecular flexibility index (Phi) is 4.43. The summed E-state index contributed by atoms with van der Waals surface area (Å²) in [5, 5.41) is 0.0759. The van der Waals surface area contributed by atoms with Gasteiger partial charge in [0.1, 0.15) is 5.76 Å². The molecule has 0 N–H and O–H groups in total. The van der Waals surface area contributed by atoms with Crippen LogP contribution in [-0.2, 0) is 14.3 Å². The van der Waals surface area contributed by atoms with Gasteiger partial charge in [-0.25, -0.2) is 0 Å². The van der Waals surface area contributed by atoms with E-state index in [0.717, 1.165) is 0 Å². The lowest BCUT2D eigenvalue weighted by Crippen LogP contribution is -2.40. The highest BCUT2D eigenvalue weighted by atomic mass is 32.2.